The summed E-state index contributed by atoms with van der Waals surface area (Å²) in [5.74, 6) is 0.201. The number of rotatable bonds is 7. The number of thiophene rings is 1. The van der Waals surface area contributed by atoms with E-state index in [4.69, 9.17) is 0 Å². The van der Waals surface area contributed by atoms with E-state index in [1.807, 2.05) is 11.3 Å². The van der Waals surface area contributed by atoms with E-state index in [0.29, 0.717) is 0 Å². The molecule has 2 unspecified atom stereocenters. The summed E-state index contributed by atoms with van der Waals surface area (Å²) in [5, 5.41) is 2.62. The van der Waals surface area contributed by atoms with Crippen molar-refractivity contribution in [3.05, 3.63) is 293 Å². The van der Waals surface area contributed by atoms with E-state index < -0.39 is 5.41 Å². The van der Waals surface area contributed by atoms with Crippen LogP contribution in [0.25, 0.3) is 42.4 Å². The van der Waals surface area contributed by atoms with E-state index in [-0.39, 0.29) is 11.8 Å². The minimum atomic E-state index is -0.516. The Morgan fingerprint density at radius 2 is 0.815 bits per heavy atom. The van der Waals surface area contributed by atoms with E-state index >= 15 is 0 Å². The molecule has 11 aromatic rings. The van der Waals surface area contributed by atoms with Gasteiger partial charge in [-0.3, -0.25) is 0 Å². The third kappa shape index (κ3) is 5.64. The van der Waals surface area contributed by atoms with Gasteiger partial charge in [-0.15, -0.1) is 11.3 Å². The molecule has 2 aliphatic rings. The quantitative estimate of drug-likeness (QED) is 0.154. The molecule has 0 saturated carbocycles. The second-order valence-electron chi connectivity index (χ2n) is 17.4. The molecule has 1 heterocycles. The smallest absolute Gasteiger partial charge is 0.0714 e. The first-order chi connectivity index (χ1) is 32.3. The standard InChI is InChI=1S/C63H43NS/c1-5-22-42(23-6-1)58-48-32-15-13-30-46(48)47-31-14-16-33-49(47)59(58)51-35-19-40-56-61(51)62-55(39-21-41-57(62)65-56)64(45-28-11-4-12-29-45)54-38-20-37-53-60(54)50-34-17-18-36-52(50)63(53,43-24-7-2-8-25-43)44-26-9-3-10-27-44/h1-41,58-59H. The molecule has 13 rings (SSSR count). The van der Waals surface area contributed by atoms with Crippen LogP contribution in [0.4, 0.5) is 17.1 Å². The van der Waals surface area contributed by atoms with Crippen LogP contribution in [0.2, 0.25) is 0 Å². The van der Waals surface area contributed by atoms with Gasteiger partial charge in [-0.1, -0.05) is 212 Å². The van der Waals surface area contributed by atoms with Gasteiger partial charge in [-0.25, -0.2) is 0 Å². The van der Waals surface area contributed by atoms with Crippen molar-refractivity contribution in [2.45, 2.75) is 17.3 Å². The van der Waals surface area contributed by atoms with Gasteiger partial charge in [-0.05, 0) is 97.6 Å². The summed E-state index contributed by atoms with van der Waals surface area (Å²) in [6, 6.07) is 92.9. The Hall–Kier alpha value is -7.78. The molecule has 0 saturated heterocycles. The molecule has 1 aromatic heterocycles. The van der Waals surface area contributed by atoms with E-state index in [1.165, 1.54) is 98.3 Å². The van der Waals surface area contributed by atoms with Crippen molar-refractivity contribution >= 4 is 48.6 Å². The molecule has 2 aliphatic carbocycles. The Balaban J connectivity index is 1.11. The highest BCUT2D eigenvalue weighted by Crippen LogP contribution is 2.61. The van der Waals surface area contributed by atoms with Gasteiger partial charge in [-0.2, -0.15) is 0 Å². The predicted octanol–water partition coefficient (Wildman–Crippen LogP) is 16.8. The second-order valence-corrected chi connectivity index (χ2v) is 18.5. The lowest BCUT2D eigenvalue weighted by Crippen LogP contribution is -2.28. The SMILES string of the molecule is c1ccc(C2c3ccccc3-c3ccccc3C2c2cccc3sc4cccc(N(c5ccccc5)c5cccc6c5-c5ccccc5C6(c5ccccc5)c5ccccc5)c4c23)cc1. The monoisotopic (exact) mass is 845 g/mol. The average molecular weight is 846 g/mol. The summed E-state index contributed by atoms with van der Waals surface area (Å²) < 4.78 is 2.58. The molecule has 0 spiro atoms. The Labute approximate surface area is 384 Å². The number of anilines is 3. The molecule has 0 amide bonds. The molecule has 2 atom stereocenters. The summed E-state index contributed by atoms with van der Waals surface area (Å²) in [5.41, 5.74) is 18.7. The van der Waals surface area contributed by atoms with Crippen molar-refractivity contribution in [1.82, 2.24) is 0 Å². The van der Waals surface area contributed by atoms with Crippen LogP contribution in [0.3, 0.4) is 0 Å². The van der Waals surface area contributed by atoms with E-state index in [9.17, 15) is 0 Å². The van der Waals surface area contributed by atoms with Crippen LogP contribution in [0.1, 0.15) is 56.3 Å². The normalized spacial score (nSPS) is 15.5. The van der Waals surface area contributed by atoms with Crippen LogP contribution >= 0.6 is 11.3 Å². The zero-order valence-electron chi connectivity index (χ0n) is 35.7. The highest BCUT2D eigenvalue weighted by Gasteiger charge is 2.47. The van der Waals surface area contributed by atoms with E-state index in [0.717, 1.165) is 5.69 Å². The number of hydrogen-bond acceptors (Lipinski definition) is 2. The fourth-order valence-corrected chi connectivity index (χ4v) is 12.9. The van der Waals surface area contributed by atoms with Crippen molar-refractivity contribution in [1.29, 1.82) is 0 Å². The molecular formula is C63H43NS. The summed E-state index contributed by atoms with van der Waals surface area (Å²) in [6.45, 7) is 0. The molecule has 0 N–H and O–H groups in total. The van der Waals surface area contributed by atoms with Crippen LogP contribution in [-0.4, -0.2) is 0 Å². The predicted molar refractivity (Wildman–Crippen MR) is 273 cm³/mol. The topological polar surface area (TPSA) is 3.24 Å². The summed E-state index contributed by atoms with van der Waals surface area (Å²) in [4.78, 5) is 2.56. The van der Waals surface area contributed by atoms with Crippen LogP contribution in [0.5, 0.6) is 0 Å². The highest BCUT2D eigenvalue weighted by atomic mass is 32.1. The van der Waals surface area contributed by atoms with Crippen LogP contribution in [-0.2, 0) is 5.41 Å². The van der Waals surface area contributed by atoms with Gasteiger partial charge >= 0.3 is 0 Å². The minimum Gasteiger partial charge on any atom is -0.309 e. The lowest BCUT2D eigenvalue weighted by molar-refractivity contribution is 0.690. The maximum absolute atomic E-state index is 2.56. The van der Waals surface area contributed by atoms with Crippen molar-refractivity contribution in [3.63, 3.8) is 0 Å². The van der Waals surface area contributed by atoms with Gasteiger partial charge in [0.05, 0.1) is 16.8 Å². The fraction of sp³-hybridized carbons (Fsp3) is 0.0476. The first-order valence-electron chi connectivity index (χ1n) is 22.7. The van der Waals surface area contributed by atoms with Crippen molar-refractivity contribution in [2.24, 2.45) is 0 Å². The lowest BCUT2D eigenvalue weighted by atomic mass is 9.66. The number of hydrogen-bond donors (Lipinski definition) is 0. The van der Waals surface area contributed by atoms with Crippen LogP contribution < -0.4 is 4.90 Å². The van der Waals surface area contributed by atoms with E-state index in [2.05, 4.69) is 254 Å². The Morgan fingerprint density at radius 3 is 1.49 bits per heavy atom. The number of para-hydroxylation sites is 1. The zero-order valence-corrected chi connectivity index (χ0v) is 36.5. The molecule has 2 heteroatoms. The maximum atomic E-state index is 2.56. The minimum absolute atomic E-state index is 0.0773. The molecule has 0 radical (unpaired) electrons. The third-order valence-electron chi connectivity index (χ3n) is 14.2. The first kappa shape index (κ1) is 37.7. The number of benzene rings is 10. The van der Waals surface area contributed by atoms with Crippen LogP contribution in [0.15, 0.2) is 249 Å². The maximum Gasteiger partial charge on any atom is 0.0714 e. The van der Waals surface area contributed by atoms with Gasteiger partial charge in [0.1, 0.15) is 0 Å². The summed E-state index contributed by atoms with van der Waals surface area (Å²) >= 11 is 1.91. The van der Waals surface area contributed by atoms with Gasteiger partial charge in [0, 0.05) is 43.3 Å². The van der Waals surface area contributed by atoms with Crippen molar-refractivity contribution in [3.8, 4) is 22.3 Å². The molecule has 306 valence electrons. The first-order valence-corrected chi connectivity index (χ1v) is 23.5. The van der Waals surface area contributed by atoms with Crippen LogP contribution in [0, 0.1) is 0 Å². The Morgan fingerprint density at radius 1 is 0.338 bits per heavy atom. The van der Waals surface area contributed by atoms with Gasteiger partial charge < -0.3 is 4.90 Å². The fourth-order valence-electron chi connectivity index (χ4n) is 11.7. The van der Waals surface area contributed by atoms with Gasteiger partial charge in [0.25, 0.3) is 0 Å². The number of fused-ring (bicyclic) bond motifs is 9. The average Bonchev–Trinajstić information content (AvgIpc) is 3.92. The second kappa shape index (κ2) is 15.2. The molecule has 65 heavy (non-hydrogen) atoms. The Bertz CT molecular complexity index is 3520. The van der Waals surface area contributed by atoms with Gasteiger partial charge in [0.15, 0.2) is 0 Å². The van der Waals surface area contributed by atoms with Crippen molar-refractivity contribution in [2.75, 3.05) is 4.90 Å². The molecule has 0 bridgehead atoms. The molecule has 1 nitrogen and oxygen atoms in total. The largest absolute Gasteiger partial charge is 0.309 e. The van der Waals surface area contributed by atoms with Gasteiger partial charge in [0.2, 0.25) is 0 Å². The summed E-state index contributed by atoms with van der Waals surface area (Å²) in [7, 11) is 0. The molecular weight excluding hydrogens is 803 g/mol. The molecule has 10 aromatic carbocycles. The number of nitrogens with zero attached hydrogens (tertiary/aromatic N) is 1. The summed E-state index contributed by atoms with van der Waals surface area (Å²) in [6.07, 6.45) is 0. The third-order valence-corrected chi connectivity index (χ3v) is 15.3. The van der Waals surface area contributed by atoms with E-state index in [1.54, 1.807) is 0 Å². The van der Waals surface area contributed by atoms with Crippen molar-refractivity contribution < 1.29 is 0 Å². The Kier molecular flexibility index (Phi) is 8.82. The highest BCUT2D eigenvalue weighted by molar-refractivity contribution is 7.26. The lowest BCUT2D eigenvalue weighted by Gasteiger charge is -2.37. The molecule has 0 fully saturated rings. The zero-order chi connectivity index (χ0) is 42.9. The molecule has 0 aliphatic heterocycles.